The van der Waals surface area contributed by atoms with Gasteiger partial charge in [0.25, 0.3) is 5.91 Å². The van der Waals surface area contributed by atoms with E-state index in [2.05, 4.69) is 22.5 Å². The molecule has 298 valence electrons. The number of carbonyl (C=O) groups excluding carboxylic acids is 4. The molecule has 2 rings (SSSR count). The fraction of sp³-hybridized carbons (Fsp3) is 0.675. The van der Waals surface area contributed by atoms with Crippen LogP contribution in [0.4, 0.5) is 0 Å². The van der Waals surface area contributed by atoms with Crippen LogP contribution >= 0.6 is 0 Å². The summed E-state index contributed by atoms with van der Waals surface area (Å²) < 4.78 is 5.48. The van der Waals surface area contributed by atoms with Gasteiger partial charge >= 0.3 is 0 Å². The van der Waals surface area contributed by atoms with Gasteiger partial charge in [-0.25, -0.2) is 15.1 Å². The van der Waals surface area contributed by atoms with Crippen LogP contribution in [-0.4, -0.2) is 94.0 Å². The molecule has 0 unspecified atom stereocenters. The summed E-state index contributed by atoms with van der Waals surface area (Å²) in [5, 5.41) is 36.9. The number of nitrogens with one attached hydrogen (secondary N) is 2. The molecule has 4 amide bonds. The molecule has 0 aromatic heterocycles. The molecule has 1 atom stereocenters. The summed E-state index contributed by atoms with van der Waals surface area (Å²) in [6.45, 7) is 3.51. The third-order valence-electron chi connectivity index (χ3n) is 9.15. The van der Waals surface area contributed by atoms with E-state index in [1.165, 1.54) is 69.9 Å². The van der Waals surface area contributed by atoms with Crippen LogP contribution in [0.1, 0.15) is 141 Å². The minimum Gasteiger partial charge on any atom is -0.507 e. The molecule has 0 spiro atoms. The van der Waals surface area contributed by atoms with Gasteiger partial charge in [-0.15, -0.1) is 0 Å². The van der Waals surface area contributed by atoms with Gasteiger partial charge in [-0.2, -0.15) is 0 Å². The topological polar surface area (TPSA) is 181 Å². The van der Waals surface area contributed by atoms with E-state index < -0.39 is 17.9 Å². The summed E-state index contributed by atoms with van der Waals surface area (Å²) in [6, 6.07) is 5.93. The second-order valence-electron chi connectivity index (χ2n) is 13.7. The van der Waals surface area contributed by atoms with Crippen LogP contribution in [0, 0.1) is 0 Å². The van der Waals surface area contributed by atoms with Crippen molar-refractivity contribution in [2.75, 3.05) is 32.8 Å². The number of aliphatic imine (C=N–C) groups is 1. The van der Waals surface area contributed by atoms with Gasteiger partial charge < -0.3 is 20.5 Å². The minimum absolute atomic E-state index is 0.0320. The van der Waals surface area contributed by atoms with Crippen LogP contribution in [0.15, 0.2) is 41.4 Å². The van der Waals surface area contributed by atoms with E-state index >= 15 is 0 Å². The highest BCUT2D eigenvalue weighted by Crippen LogP contribution is 2.21. The van der Waals surface area contributed by atoms with E-state index in [-0.39, 0.29) is 56.0 Å². The molecule has 0 saturated carbocycles. The van der Waals surface area contributed by atoms with Gasteiger partial charge in [-0.05, 0) is 63.5 Å². The average molecular weight is 744 g/mol. The second kappa shape index (κ2) is 28.5. The first-order valence-electron chi connectivity index (χ1n) is 19.9. The SMILES string of the molecule is CCCCCCCCCCCCCC=CC(=O)N(O)CCCCCNC(=O)CCC(=O)N(O)CCCCCNC(=O)[C@@H]1COC(c2ccccc2O)=N1. The normalized spacial score (nSPS) is 13.8. The number of benzene rings is 1. The lowest BCUT2D eigenvalue weighted by Gasteiger charge is -2.15. The number of nitrogens with zero attached hydrogens (tertiary/aromatic N) is 3. The first-order valence-corrected chi connectivity index (χ1v) is 19.9. The largest absolute Gasteiger partial charge is 0.507 e. The molecular formula is C40H65N5O8. The molecule has 0 saturated heterocycles. The molecule has 1 heterocycles. The zero-order valence-electron chi connectivity index (χ0n) is 31.9. The standard InChI is InChI=1S/C40H65N5O8/c1-2-3-4-5-6-7-8-9-10-11-12-13-16-25-37(48)44(51)30-21-14-19-28-41-36(47)26-27-38(49)45(52)31-22-15-20-29-42-39(50)34-32-53-40(43-34)33-23-17-18-24-35(33)46/h16-18,23-25,34,46,51-52H,2-15,19-22,26-32H2,1H3,(H,41,47)(H,42,50)/t34-/m0/s1. The van der Waals surface area contributed by atoms with Gasteiger partial charge in [-0.1, -0.05) is 89.3 Å². The molecule has 5 N–H and O–H groups in total. The Labute approximate surface area is 316 Å². The lowest BCUT2D eigenvalue weighted by atomic mass is 10.1. The Morgan fingerprint density at radius 3 is 2.02 bits per heavy atom. The maximum atomic E-state index is 12.4. The number of unbranched alkanes of at least 4 members (excludes halogenated alkanes) is 15. The fourth-order valence-electron chi connectivity index (χ4n) is 5.86. The van der Waals surface area contributed by atoms with Crippen molar-refractivity contribution < 1.29 is 39.4 Å². The first kappa shape index (κ1) is 45.2. The molecule has 53 heavy (non-hydrogen) atoms. The summed E-state index contributed by atoms with van der Waals surface area (Å²) in [4.78, 5) is 53.1. The summed E-state index contributed by atoms with van der Waals surface area (Å²) in [7, 11) is 0. The highest BCUT2D eigenvalue weighted by molar-refractivity contribution is 6.00. The van der Waals surface area contributed by atoms with Gasteiger partial charge in [-0.3, -0.25) is 29.6 Å². The average Bonchev–Trinajstić information content (AvgIpc) is 3.65. The molecule has 13 nitrogen and oxygen atoms in total. The van der Waals surface area contributed by atoms with Gasteiger partial charge in [0.2, 0.25) is 23.6 Å². The number of hydrogen-bond acceptors (Lipinski definition) is 9. The van der Waals surface area contributed by atoms with Crippen molar-refractivity contribution in [3.8, 4) is 5.75 Å². The molecule has 1 aromatic carbocycles. The number of hydrogen-bond donors (Lipinski definition) is 5. The third-order valence-corrected chi connectivity index (χ3v) is 9.15. The zero-order chi connectivity index (χ0) is 38.5. The van der Waals surface area contributed by atoms with E-state index in [1.807, 2.05) is 6.08 Å². The van der Waals surface area contributed by atoms with E-state index in [0.717, 1.165) is 24.3 Å². The number of hydroxylamine groups is 4. The Morgan fingerprint density at radius 2 is 1.36 bits per heavy atom. The van der Waals surface area contributed by atoms with Crippen molar-refractivity contribution >= 4 is 29.5 Å². The van der Waals surface area contributed by atoms with Crippen molar-refractivity contribution in [3.05, 3.63) is 42.0 Å². The number of ether oxygens (including phenoxy) is 1. The maximum Gasteiger partial charge on any atom is 0.269 e. The van der Waals surface area contributed by atoms with E-state index in [9.17, 15) is 34.7 Å². The number of amides is 4. The highest BCUT2D eigenvalue weighted by atomic mass is 16.5. The van der Waals surface area contributed by atoms with E-state index in [0.29, 0.717) is 62.2 Å². The number of phenols is 1. The molecule has 0 fully saturated rings. The molecule has 0 radical (unpaired) electrons. The lowest BCUT2D eigenvalue weighted by Crippen LogP contribution is -2.35. The summed E-state index contributed by atoms with van der Waals surface area (Å²) in [5.74, 6) is -1.24. The third kappa shape index (κ3) is 20.8. The highest BCUT2D eigenvalue weighted by Gasteiger charge is 2.27. The van der Waals surface area contributed by atoms with Crippen LogP contribution < -0.4 is 10.6 Å². The Hall–Kier alpha value is -3.97. The number of carbonyl (C=O) groups is 4. The zero-order valence-corrected chi connectivity index (χ0v) is 31.9. The summed E-state index contributed by atoms with van der Waals surface area (Å²) in [6.07, 6.45) is 21.9. The van der Waals surface area contributed by atoms with E-state index in [4.69, 9.17) is 4.74 Å². The van der Waals surface area contributed by atoms with Crippen molar-refractivity contribution in [2.45, 2.75) is 141 Å². The Kier molecular flexibility index (Phi) is 24.3. The number of phenolic OH excluding ortho intramolecular Hbond substituents is 1. The van der Waals surface area contributed by atoms with Crippen LogP contribution in [0.3, 0.4) is 0 Å². The van der Waals surface area contributed by atoms with Gasteiger partial charge in [0, 0.05) is 45.1 Å². The summed E-state index contributed by atoms with van der Waals surface area (Å²) in [5.41, 5.74) is 0.437. The van der Waals surface area contributed by atoms with Crippen LogP contribution in [0.25, 0.3) is 0 Å². The molecular weight excluding hydrogens is 678 g/mol. The van der Waals surface area contributed by atoms with Crippen LogP contribution in [0.5, 0.6) is 5.75 Å². The van der Waals surface area contributed by atoms with Crippen LogP contribution in [0.2, 0.25) is 0 Å². The number of aromatic hydroxyl groups is 1. The molecule has 1 aromatic rings. The summed E-state index contributed by atoms with van der Waals surface area (Å²) >= 11 is 0. The fourth-order valence-corrected chi connectivity index (χ4v) is 5.86. The Bertz CT molecular complexity index is 1270. The number of allylic oxidation sites excluding steroid dienone is 1. The van der Waals surface area contributed by atoms with Crippen molar-refractivity contribution in [2.24, 2.45) is 4.99 Å². The minimum atomic E-state index is -0.692. The lowest BCUT2D eigenvalue weighted by molar-refractivity contribution is -0.166. The number of rotatable bonds is 30. The molecule has 0 bridgehead atoms. The molecule has 1 aliphatic heterocycles. The van der Waals surface area contributed by atoms with Gasteiger partial charge in [0.05, 0.1) is 5.56 Å². The number of para-hydroxylation sites is 1. The van der Waals surface area contributed by atoms with Crippen molar-refractivity contribution in [1.29, 1.82) is 0 Å². The first-order chi connectivity index (χ1) is 25.7. The molecule has 1 aliphatic rings. The smallest absolute Gasteiger partial charge is 0.269 e. The predicted molar refractivity (Wildman–Crippen MR) is 205 cm³/mol. The van der Waals surface area contributed by atoms with Crippen molar-refractivity contribution in [3.63, 3.8) is 0 Å². The van der Waals surface area contributed by atoms with E-state index in [1.54, 1.807) is 18.2 Å². The Balaban J connectivity index is 1.40. The van der Waals surface area contributed by atoms with Crippen LogP contribution in [-0.2, 0) is 23.9 Å². The maximum absolute atomic E-state index is 12.4. The Morgan fingerprint density at radius 1 is 0.774 bits per heavy atom. The monoisotopic (exact) mass is 743 g/mol. The quantitative estimate of drug-likeness (QED) is 0.0254. The van der Waals surface area contributed by atoms with Gasteiger partial charge in [0.1, 0.15) is 12.4 Å². The predicted octanol–water partition coefficient (Wildman–Crippen LogP) is 6.58. The molecule has 0 aliphatic carbocycles. The van der Waals surface area contributed by atoms with Crippen molar-refractivity contribution in [1.82, 2.24) is 20.8 Å². The molecule has 13 heteroatoms. The van der Waals surface area contributed by atoms with Gasteiger partial charge in [0.15, 0.2) is 6.04 Å². The second-order valence-corrected chi connectivity index (χ2v) is 13.7.